The topological polar surface area (TPSA) is 35.9 Å². The minimum atomic E-state index is 0.420. The van der Waals surface area contributed by atoms with Crippen molar-refractivity contribution in [2.75, 3.05) is 31.1 Å². The SMILES string of the molecule is CC(C)N1CCN(c2cccc(CN=C=O)c2)CC1. The summed E-state index contributed by atoms with van der Waals surface area (Å²) in [7, 11) is 0. The number of aliphatic imine (C=N–C) groups is 1. The van der Waals surface area contributed by atoms with Crippen molar-refractivity contribution in [3.05, 3.63) is 29.8 Å². The zero-order chi connectivity index (χ0) is 13.7. The molecule has 1 aromatic rings. The minimum Gasteiger partial charge on any atom is -0.369 e. The van der Waals surface area contributed by atoms with Crippen molar-refractivity contribution >= 4 is 11.8 Å². The van der Waals surface area contributed by atoms with Gasteiger partial charge in [-0.15, -0.1) is 0 Å². The van der Waals surface area contributed by atoms with Crippen LogP contribution in [0.3, 0.4) is 0 Å². The molecule has 0 saturated carbocycles. The van der Waals surface area contributed by atoms with Gasteiger partial charge in [-0.25, -0.2) is 9.79 Å². The van der Waals surface area contributed by atoms with Crippen molar-refractivity contribution in [2.24, 2.45) is 4.99 Å². The molecule has 1 fully saturated rings. The van der Waals surface area contributed by atoms with Crippen LogP contribution in [0.15, 0.2) is 29.3 Å². The molecular weight excluding hydrogens is 238 g/mol. The van der Waals surface area contributed by atoms with Gasteiger partial charge in [0.25, 0.3) is 0 Å². The van der Waals surface area contributed by atoms with Gasteiger partial charge in [-0.05, 0) is 31.5 Å². The van der Waals surface area contributed by atoms with Crippen molar-refractivity contribution in [2.45, 2.75) is 26.4 Å². The highest BCUT2D eigenvalue weighted by molar-refractivity contribution is 5.49. The van der Waals surface area contributed by atoms with Crippen LogP contribution in [-0.4, -0.2) is 43.2 Å². The lowest BCUT2D eigenvalue weighted by Gasteiger charge is -2.38. The summed E-state index contributed by atoms with van der Waals surface area (Å²) < 4.78 is 0. The van der Waals surface area contributed by atoms with E-state index in [1.54, 1.807) is 6.08 Å². The van der Waals surface area contributed by atoms with Gasteiger partial charge < -0.3 is 4.90 Å². The minimum absolute atomic E-state index is 0.420. The van der Waals surface area contributed by atoms with Gasteiger partial charge >= 0.3 is 0 Å². The first kappa shape index (κ1) is 13.8. The maximum atomic E-state index is 10.2. The Bertz CT molecular complexity index is 458. The molecule has 4 nitrogen and oxygen atoms in total. The molecule has 1 saturated heterocycles. The molecule has 0 radical (unpaired) electrons. The van der Waals surface area contributed by atoms with Crippen LogP contribution in [0.25, 0.3) is 0 Å². The van der Waals surface area contributed by atoms with E-state index in [1.807, 2.05) is 12.1 Å². The third-order valence-corrected chi connectivity index (χ3v) is 3.65. The van der Waals surface area contributed by atoms with E-state index in [0.29, 0.717) is 12.6 Å². The standard InChI is InChI=1S/C15H21N3O/c1-13(2)17-6-8-18(9-7-17)15-5-3-4-14(10-15)11-16-12-19/h3-5,10,13H,6-9,11H2,1-2H3. The van der Waals surface area contributed by atoms with E-state index in [2.05, 4.69) is 40.8 Å². The predicted octanol–water partition coefficient (Wildman–Crippen LogP) is 2.05. The summed E-state index contributed by atoms with van der Waals surface area (Å²) >= 11 is 0. The van der Waals surface area contributed by atoms with E-state index in [4.69, 9.17) is 0 Å². The molecule has 0 bridgehead atoms. The number of anilines is 1. The molecule has 0 aromatic heterocycles. The van der Waals surface area contributed by atoms with Gasteiger partial charge in [0.2, 0.25) is 6.08 Å². The lowest BCUT2D eigenvalue weighted by Crippen LogP contribution is -2.48. The second-order valence-corrected chi connectivity index (χ2v) is 5.19. The largest absolute Gasteiger partial charge is 0.369 e. The molecule has 0 amide bonds. The van der Waals surface area contributed by atoms with Crippen LogP contribution in [-0.2, 0) is 11.3 Å². The normalized spacial score (nSPS) is 16.5. The maximum Gasteiger partial charge on any atom is 0.235 e. The van der Waals surface area contributed by atoms with Crippen molar-refractivity contribution in [1.29, 1.82) is 0 Å². The smallest absolute Gasteiger partial charge is 0.235 e. The van der Waals surface area contributed by atoms with Crippen molar-refractivity contribution in [1.82, 2.24) is 4.90 Å². The molecule has 4 heteroatoms. The van der Waals surface area contributed by atoms with E-state index in [-0.39, 0.29) is 0 Å². The second-order valence-electron chi connectivity index (χ2n) is 5.19. The van der Waals surface area contributed by atoms with Gasteiger partial charge in [0.05, 0.1) is 6.54 Å². The Morgan fingerprint density at radius 3 is 2.63 bits per heavy atom. The van der Waals surface area contributed by atoms with Crippen LogP contribution in [0.2, 0.25) is 0 Å². The Hall–Kier alpha value is -1.64. The second kappa shape index (κ2) is 6.50. The van der Waals surface area contributed by atoms with Crippen LogP contribution in [0.5, 0.6) is 0 Å². The molecule has 0 atom stereocenters. The fourth-order valence-corrected chi connectivity index (χ4v) is 2.47. The van der Waals surface area contributed by atoms with Crippen molar-refractivity contribution < 1.29 is 4.79 Å². The quantitative estimate of drug-likeness (QED) is 0.613. The van der Waals surface area contributed by atoms with E-state index < -0.39 is 0 Å². The van der Waals surface area contributed by atoms with Crippen LogP contribution in [0, 0.1) is 0 Å². The fourth-order valence-electron chi connectivity index (χ4n) is 2.47. The van der Waals surface area contributed by atoms with E-state index in [1.165, 1.54) is 5.69 Å². The first-order valence-corrected chi connectivity index (χ1v) is 6.82. The highest BCUT2D eigenvalue weighted by atomic mass is 16.1. The first-order chi connectivity index (χ1) is 9.20. The predicted molar refractivity (Wildman–Crippen MR) is 77.2 cm³/mol. The van der Waals surface area contributed by atoms with Crippen LogP contribution in [0.1, 0.15) is 19.4 Å². The molecule has 1 aliphatic heterocycles. The Balaban J connectivity index is 2.01. The number of piperazine rings is 1. The van der Waals surface area contributed by atoms with Crippen LogP contribution >= 0.6 is 0 Å². The number of hydrogen-bond acceptors (Lipinski definition) is 4. The van der Waals surface area contributed by atoms with Gasteiger partial charge in [-0.3, -0.25) is 4.90 Å². The van der Waals surface area contributed by atoms with E-state index >= 15 is 0 Å². The zero-order valence-corrected chi connectivity index (χ0v) is 11.7. The molecule has 0 N–H and O–H groups in total. The highest BCUT2D eigenvalue weighted by Crippen LogP contribution is 2.19. The van der Waals surface area contributed by atoms with E-state index in [0.717, 1.165) is 31.7 Å². The van der Waals surface area contributed by atoms with Gasteiger partial charge in [0.1, 0.15) is 0 Å². The Morgan fingerprint density at radius 2 is 2.00 bits per heavy atom. The number of rotatable bonds is 4. The summed E-state index contributed by atoms with van der Waals surface area (Å²) in [6, 6.07) is 8.88. The lowest BCUT2D eigenvalue weighted by atomic mass is 10.1. The number of isocyanates is 1. The van der Waals surface area contributed by atoms with Gasteiger partial charge in [-0.2, -0.15) is 0 Å². The summed E-state index contributed by atoms with van der Waals surface area (Å²) in [5, 5.41) is 0. The van der Waals surface area contributed by atoms with Crippen LogP contribution < -0.4 is 4.90 Å². The number of carbonyl (C=O) groups excluding carboxylic acids is 1. The summed E-state index contributed by atoms with van der Waals surface area (Å²) in [4.78, 5) is 18.7. The monoisotopic (exact) mass is 259 g/mol. The molecule has 0 unspecified atom stereocenters. The van der Waals surface area contributed by atoms with Crippen molar-refractivity contribution in [3.63, 3.8) is 0 Å². The maximum absolute atomic E-state index is 10.2. The Morgan fingerprint density at radius 1 is 1.26 bits per heavy atom. The Kier molecular flexibility index (Phi) is 4.72. The molecule has 1 aromatic carbocycles. The molecule has 1 aliphatic rings. The lowest BCUT2D eigenvalue weighted by molar-refractivity contribution is 0.209. The molecule has 0 aliphatic carbocycles. The number of hydrogen-bond donors (Lipinski definition) is 0. The molecule has 1 heterocycles. The third-order valence-electron chi connectivity index (χ3n) is 3.65. The third kappa shape index (κ3) is 3.66. The molecule has 102 valence electrons. The molecule has 0 spiro atoms. The average Bonchev–Trinajstić information content (AvgIpc) is 2.45. The van der Waals surface area contributed by atoms with E-state index in [9.17, 15) is 4.79 Å². The molecular formula is C15H21N3O. The summed E-state index contributed by atoms with van der Waals surface area (Å²) in [5.41, 5.74) is 2.29. The fraction of sp³-hybridized carbons (Fsp3) is 0.533. The first-order valence-electron chi connectivity index (χ1n) is 6.82. The summed E-state index contributed by atoms with van der Waals surface area (Å²) in [5.74, 6) is 0. The average molecular weight is 259 g/mol. The van der Waals surface area contributed by atoms with Crippen molar-refractivity contribution in [3.8, 4) is 0 Å². The molecule has 19 heavy (non-hydrogen) atoms. The summed E-state index contributed by atoms with van der Waals surface area (Å²) in [6.45, 7) is 9.23. The number of benzene rings is 1. The van der Waals surface area contributed by atoms with Gasteiger partial charge in [0, 0.05) is 37.9 Å². The van der Waals surface area contributed by atoms with Gasteiger partial charge in [0.15, 0.2) is 0 Å². The summed E-state index contributed by atoms with van der Waals surface area (Å²) in [6.07, 6.45) is 1.59. The van der Waals surface area contributed by atoms with Crippen LogP contribution in [0.4, 0.5) is 5.69 Å². The number of nitrogens with zero attached hydrogens (tertiary/aromatic N) is 3. The Labute approximate surface area is 114 Å². The zero-order valence-electron chi connectivity index (χ0n) is 11.7. The molecule has 2 rings (SSSR count). The van der Waals surface area contributed by atoms with Gasteiger partial charge in [-0.1, -0.05) is 12.1 Å². The highest BCUT2D eigenvalue weighted by Gasteiger charge is 2.18.